The number of nitrogens with one attached hydrogen (secondary N) is 1. The minimum absolute atomic E-state index is 0.0101. The Morgan fingerprint density at radius 2 is 1.73 bits per heavy atom. The van der Waals surface area contributed by atoms with Crippen molar-refractivity contribution in [3.8, 4) is 0 Å². The van der Waals surface area contributed by atoms with Gasteiger partial charge in [-0.2, -0.15) is 0 Å². The first-order valence-corrected chi connectivity index (χ1v) is 9.67. The number of anilines is 1. The molecule has 0 unspecified atom stereocenters. The standard InChI is InChI=1S/C23H30N2O/c1-16-11-13-25(14-12-16)21-8-6-20(7-9-21)19(4)24-23(26)22-10-5-17(2)15-18(22)3/h5-10,15-16,19H,11-14H2,1-4H3,(H,24,26)/t19-/m0/s1. The topological polar surface area (TPSA) is 32.3 Å². The lowest BCUT2D eigenvalue weighted by Gasteiger charge is -2.32. The lowest BCUT2D eigenvalue weighted by Crippen LogP contribution is -2.32. The molecule has 3 rings (SSSR count). The van der Waals surface area contributed by atoms with Crippen LogP contribution in [-0.4, -0.2) is 19.0 Å². The number of nitrogens with zero attached hydrogens (tertiary/aromatic N) is 1. The summed E-state index contributed by atoms with van der Waals surface area (Å²) in [5.74, 6) is 0.829. The summed E-state index contributed by atoms with van der Waals surface area (Å²) in [6.07, 6.45) is 2.54. The first-order valence-electron chi connectivity index (χ1n) is 9.67. The molecule has 0 radical (unpaired) electrons. The van der Waals surface area contributed by atoms with Crippen LogP contribution in [-0.2, 0) is 0 Å². The van der Waals surface area contributed by atoms with Crippen molar-refractivity contribution in [2.75, 3.05) is 18.0 Å². The van der Waals surface area contributed by atoms with E-state index in [1.807, 2.05) is 39.0 Å². The average Bonchev–Trinajstić information content (AvgIpc) is 2.62. The summed E-state index contributed by atoms with van der Waals surface area (Å²) < 4.78 is 0. The van der Waals surface area contributed by atoms with Crippen LogP contribution in [0.4, 0.5) is 5.69 Å². The maximum atomic E-state index is 12.6. The molecule has 0 spiro atoms. The van der Waals surface area contributed by atoms with Crippen molar-refractivity contribution in [3.05, 3.63) is 64.7 Å². The van der Waals surface area contributed by atoms with Crippen molar-refractivity contribution in [2.45, 2.75) is 46.6 Å². The summed E-state index contributed by atoms with van der Waals surface area (Å²) in [6.45, 7) is 10.7. The van der Waals surface area contributed by atoms with Crippen LogP contribution < -0.4 is 10.2 Å². The van der Waals surface area contributed by atoms with Gasteiger partial charge in [0, 0.05) is 24.3 Å². The summed E-state index contributed by atoms with van der Waals surface area (Å²) in [5.41, 5.74) is 5.37. The second-order valence-electron chi connectivity index (χ2n) is 7.77. The average molecular weight is 351 g/mol. The maximum absolute atomic E-state index is 12.6. The third-order valence-electron chi connectivity index (χ3n) is 5.52. The molecule has 26 heavy (non-hydrogen) atoms. The van der Waals surface area contributed by atoms with E-state index in [4.69, 9.17) is 0 Å². The Bertz CT molecular complexity index is 758. The van der Waals surface area contributed by atoms with Gasteiger partial charge in [-0.25, -0.2) is 0 Å². The van der Waals surface area contributed by atoms with Gasteiger partial charge in [0.1, 0.15) is 0 Å². The third-order valence-corrected chi connectivity index (χ3v) is 5.52. The highest BCUT2D eigenvalue weighted by molar-refractivity contribution is 5.95. The number of hydrogen-bond acceptors (Lipinski definition) is 2. The van der Waals surface area contributed by atoms with Gasteiger partial charge >= 0.3 is 0 Å². The largest absolute Gasteiger partial charge is 0.372 e. The van der Waals surface area contributed by atoms with Gasteiger partial charge in [-0.1, -0.05) is 36.8 Å². The van der Waals surface area contributed by atoms with Crippen molar-refractivity contribution in [1.82, 2.24) is 5.32 Å². The predicted octanol–water partition coefficient (Wildman–Crippen LogP) is 5.03. The molecular formula is C23H30N2O. The van der Waals surface area contributed by atoms with E-state index < -0.39 is 0 Å². The van der Waals surface area contributed by atoms with E-state index in [-0.39, 0.29) is 11.9 Å². The molecule has 1 aliphatic rings. The van der Waals surface area contributed by atoms with Crippen molar-refractivity contribution >= 4 is 11.6 Å². The Morgan fingerprint density at radius 1 is 1.08 bits per heavy atom. The quantitative estimate of drug-likeness (QED) is 0.839. The van der Waals surface area contributed by atoms with Crippen LogP contribution in [0.3, 0.4) is 0 Å². The second kappa shape index (κ2) is 7.94. The summed E-state index contributed by atoms with van der Waals surface area (Å²) in [7, 11) is 0. The van der Waals surface area contributed by atoms with E-state index in [0.29, 0.717) is 0 Å². The Morgan fingerprint density at radius 3 is 2.35 bits per heavy atom. The van der Waals surface area contributed by atoms with Crippen LogP contribution >= 0.6 is 0 Å². The highest BCUT2D eigenvalue weighted by Gasteiger charge is 2.17. The highest BCUT2D eigenvalue weighted by atomic mass is 16.1. The van der Waals surface area contributed by atoms with E-state index in [0.717, 1.165) is 35.7 Å². The van der Waals surface area contributed by atoms with Crippen LogP contribution in [0.2, 0.25) is 0 Å². The zero-order valence-electron chi connectivity index (χ0n) is 16.4. The molecule has 3 nitrogen and oxygen atoms in total. The minimum atomic E-state index is -0.0152. The molecule has 0 bridgehead atoms. The molecule has 0 saturated carbocycles. The van der Waals surface area contributed by atoms with Gasteiger partial charge in [0.2, 0.25) is 0 Å². The molecule has 1 fully saturated rings. The highest BCUT2D eigenvalue weighted by Crippen LogP contribution is 2.25. The van der Waals surface area contributed by atoms with Crippen molar-refractivity contribution in [2.24, 2.45) is 5.92 Å². The van der Waals surface area contributed by atoms with Crippen LogP contribution in [0.1, 0.15) is 59.8 Å². The normalized spacial score (nSPS) is 16.4. The zero-order chi connectivity index (χ0) is 18.7. The zero-order valence-corrected chi connectivity index (χ0v) is 16.4. The molecule has 1 amide bonds. The molecule has 1 atom stereocenters. The summed E-state index contributed by atoms with van der Waals surface area (Å²) in [4.78, 5) is 15.0. The second-order valence-corrected chi connectivity index (χ2v) is 7.77. The third kappa shape index (κ3) is 4.27. The smallest absolute Gasteiger partial charge is 0.252 e. The molecule has 1 N–H and O–H groups in total. The van der Waals surface area contributed by atoms with Gasteiger partial charge in [-0.15, -0.1) is 0 Å². The number of carbonyl (C=O) groups is 1. The first kappa shape index (κ1) is 18.5. The number of hydrogen-bond donors (Lipinski definition) is 1. The van der Waals surface area contributed by atoms with Gasteiger partial charge in [0.15, 0.2) is 0 Å². The number of carbonyl (C=O) groups excluding carboxylic acids is 1. The van der Waals surface area contributed by atoms with Gasteiger partial charge in [-0.05, 0) is 68.9 Å². The Hall–Kier alpha value is -2.29. The molecule has 1 saturated heterocycles. The fourth-order valence-corrected chi connectivity index (χ4v) is 3.67. The Kier molecular flexibility index (Phi) is 5.65. The molecule has 2 aromatic carbocycles. The monoisotopic (exact) mass is 350 g/mol. The molecule has 0 aromatic heterocycles. The summed E-state index contributed by atoms with van der Waals surface area (Å²) in [5, 5.41) is 3.13. The number of rotatable bonds is 4. The van der Waals surface area contributed by atoms with E-state index in [9.17, 15) is 4.79 Å². The molecular weight excluding hydrogens is 320 g/mol. The lowest BCUT2D eigenvalue weighted by molar-refractivity contribution is 0.0939. The first-order chi connectivity index (χ1) is 12.4. The summed E-state index contributed by atoms with van der Waals surface area (Å²) in [6, 6.07) is 14.6. The van der Waals surface area contributed by atoms with Crippen LogP contribution in [0.15, 0.2) is 42.5 Å². The minimum Gasteiger partial charge on any atom is -0.372 e. The predicted molar refractivity (Wildman–Crippen MR) is 109 cm³/mol. The molecule has 3 heteroatoms. The molecule has 1 heterocycles. The van der Waals surface area contributed by atoms with Gasteiger partial charge in [0.05, 0.1) is 6.04 Å². The van der Waals surface area contributed by atoms with E-state index in [1.165, 1.54) is 24.1 Å². The van der Waals surface area contributed by atoms with E-state index >= 15 is 0 Å². The van der Waals surface area contributed by atoms with Crippen molar-refractivity contribution in [3.63, 3.8) is 0 Å². The van der Waals surface area contributed by atoms with E-state index in [1.54, 1.807) is 0 Å². The van der Waals surface area contributed by atoms with Crippen molar-refractivity contribution in [1.29, 1.82) is 0 Å². The fraction of sp³-hybridized carbons (Fsp3) is 0.435. The number of aryl methyl sites for hydroxylation is 2. The lowest BCUT2D eigenvalue weighted by atomic mass is 9.98. The van der Waals surface area contributed by atoms with Crippen molar-refractivity contribution < 1.29 is 4.79 Å². The van der Waals surface area contributed by atoms with E-state index in [2.05, 4.69) is 41.4 Å². The van der Waals surface area contributed by atoms with Gasteiger partial charge in [0.25, 0.3) is 5.91 Å². The van der Waals surface area contributed by atoms with Gasteiger partial charge in [-0.3, -0.25) is 4.79 Å². The molecule has 0 aliphatic carbocycles. The number of piperidine rings is 1. The molecule has 2 aromatic rings. The molecule has 1 aliphatic heterocycles. The number of amides is 1. The fourth-order valence-electron chi connectivity index (χ4n) is 3.67. The van der Waals surface area contributed by atoms with Crippen LogP contribution in [0.5, 0.6) is 0 Å². The number of benzene rings is 2. The Balaban J connectivity index is 1.64. The van der Waals surface area contributed by atoms with Crippen LogP contribution in [0, 0.1) is 19.8 Å². The molecule has 138 valence electrons. The Labute approximate surface area is 157 Å². The summed E-state index contributed by atoms with van der Waals surface area (Å²) >= 11 is 0. The SMILES string of the molecule is Cc1ccc(C(=O)N[C@@H](C)c2ccc(N3CCC(C)CC3)cc2)c(C)c1. The van der Waals surface area contributed by atoms with Crippen LogP contribution in [0.25, 0.3) is 0 Å². The van der Waals surface area contributed by atoms with Gasteiger partial charge < -0.3 is 10.2 Å². The maximum Gasteiger partial charge on any atom is 0.252 e.